The number of rotatable bonds is 6. The van der Waals surface area contributed by atoms with Crippen LogP contribution in [-0.4, -0.2) is 10.8 Å². The van der Waals surface area contributed by atoms with Gasteiger partial charge in [-0.2, -0.15) is 0 Å². The minimum Gasteiger partial charge on any atom is -0.345 e. The van der Waals surface area contributed by atoms with E-state index in [9.17, 15) is 14.9 Å². The fourth-order valence-electron chi connectivity index (χ4n) is 3.12. The number of nitro groups is 1. The summed E-state index contributed by atoms with van der Waals surface area (Å²) in [4.78, 5) is 23.4. The third-order valence-electron chi connectivity index (χ3n) is 4.48. The van der Waals surface area contributed by atoms with Gasteiger partial charge in [0.2, 0.25) is 5.91 Å². The Balaban J connectivity index is 1.88. The van der Waals surface area contributed by atoms with E-state index in [1.54, 1.807) is 18.2 Å². The van der Waals surface area contributed by atoms with Gasteiger partial charge in [0.25, 0.3) is 5.69 Å². The Labute approximate surface area is 157 Å². The third-order valence-corrected chi connectivity index (χ3v) is 4.48. The van der Waals surface area contributed by atoms with Crippen LogP contribution in [0.1, 0.15) is 28.3 Å². The number of nitro benzene ring substituents is 1. The summed E-state index contributed by atoms with van der Waals surface area (Å²) in [5.41, 5.74) is 3.39. The molecule has 1 N–H and O–H groups in total. The van der Waals surface area contributed by atoms with Crippen LogP contribution in [0.4, 0.5) is 5.69 Å². The lowest BCUT2D eigenvalue weighted by molar-refractivity contribution is -0.385. The second kappa shape index (κ2) is 8.27. The van der Waals surface area contributed by atoms with Crippen molar-refractivity contribution in [3.63, 3.8) is 0 Å². The van der Waals surface area contributed by atoms with Gasteiger partial charge in [-0.1, -0.05) is 72.8 Å². The smallest absolute Gasteiger partial charge is 0.273 e. The number of carbonyl (C=O) groups is 1. The summed E-state index contributed by atoms with van der Waals surface area (Å²) in [6, 6.07) is 23.6. The van der Waals surface area contributed by atoms with Crippen molar-refractivity contribution in [2.45, 2.75) is 19.4 Å². The van der Waals surface area contributed by atoms with Gasteiger partial charge >= 0.3 is 0 Å². The summed E-state index contributed by atoms with van der Waals surface area (Å²) in [5.74, 6) is -0.263. The van der Waals surface area contributed by atoms with Crippen molar-refractivity contribution in [2.24, 2.45) is 0 Å². The van der Waals surface area contributed by atoms with Gasteiger partial charge in [-0.3, -0.25) is 14.9 Å². The quantitative estimate of drug-likeness (QED) is 0.525. The Hall–Kier alpha value is -3.47. The number of nitrogens with zero attached hydrogens (tertiary/aromatic N) is 1. The Bertz CT molecular complexity index is 955. The van der Waals surface area contributed by atoms with E-state index in [4.69, 9.17) is 0 Å². The maximum Gasteiger partial charge on any atom is 0.273 e. The first-order valence-corrected chi connectivity index (χ1v) is 8.68. The fraction of sp³-hybridized carbons (Fsp3) is 0.136. The highest BCUT2D eigenvalue weighted by molar-refractivity contribution is 5.80. The average molecular weight is 360 g/mol. The van der Waals surface area contributed by atoms with E-state index in [-0.39, 0.29) is 24.1 Å². The second-order valence-corrected chi connectivity index (χ2v) is 6.33. The monoisotopic (exact) mass is 360 g/mol. The number of para-hydroxylation sites is 1. The largest absolute Gasteiger partial charge is 0.345 e. The number of hydrogen-bond acceptors (Lipinski definition) is 3. The molecule has 0 spiro atoms. The zero-order valence-electron chi connectivity index (χ0n) is 15.0. The first-order chi connectivity index (χ1) is 13.1. The predicted octanol–water partition coefficient (Wildman–Crippen LogP) is 4.35. The van der Waals surface area contributed by atoms with Gasteiger partial charge in [0.05, 0.1) is 17.4 Å². The number of hydrogen-bond donors (Lipinski definition) is 1. The minimum absolute atomic E-state index is 0.0418. The molecule has 3 aromatic carbocycles. The van der Waals surface area contributed by atoms with E-state index < -0.39 is 4.92 Å². The topological polar surface area (TPSA) is 72.2 Å². The number of carbonyl (C=O) groups excluding carboxylic acids is 1. The molecule has 0 fully saturated rings. The van der Waals surface area contributed by atoms with Crippen molar-refractivity contribution < 1.29 is 9.72 Å². The molecule has 5 nitrogen and oxygen atoms in total. The average Bonchev–Trinajstić information content (AvgIpc) is 2.68. The zero-order valence-corrected chi connectivity index (χ0v) is 15.0. The molecule has 1 amide bonds. The van der Waals surface area contributed by atoms with Crippen LogP contribution in [0.2, 0.25) is 0 Å². The van der Waals surface area contributed by atoms with E-state index in [2.05, 4.69) is 5.32 Å². The van der Waals surface area contributed by atoms with Gasteiger partial charge in [-0.05, 0) is 23.6 Å². The number of amides is 1. The minimum atomic E-state index is -0.460. The van der Waals surface area contributed by atoms with Gasteiger partial charge in [0.1, 0.15) is 0 Å². The highest BCUT2D eigenvalue weighted by Gasteiger charge is 2.21. The summed E-state index contributed by atoms with van der Waals surface area (Å²) < 4.78 is 0. The summed E-state index contributed by atoms with van der Waals surface area (Å²) >= 11 is 0. The van der Waals surface area contributed by atoms with Crippen LogP contribution in [0.3, 0.4) is 0 Å². The molecule has 27 heavy (non-hydrogen) atoms. The molecule has 0 unspecified atom stereocenters. The van der Waals surface area contributed by atoms with Gasteiger partial charge < -0.3 is 5.32 Å². The standard InChI is InChI=1S/C22H20N2O3/c1-16-9-5-7-13-19(16)22(17-10-3-2-4-11-17)23-21(25)15-18-12-6-8-14-20(18)24(26)27/h2-14,22H,15H2,1H3,(H,23,25)/t22-/m1/s1. The molecule has 1 atom stereocenters. The van der Waals surface area contributed by atoms with E-state index in [0.717, 1.165) is 16.7 Å². The Morgan fingerprint density at radius 3 is 2.30 bits per heavy atom. The molecule has 0 bridgehead atoms. The lowest BCUT2D eigenvalue weighted by Gasteiger charge is -2.21. The number of nitrogens with one attached hydrogen (secondary N) is 1. The van der Waals surface area contributed by atoms with Crippen molar-refractivity contribution in [1.82, 2.24) is 5.32 Å². The van der Waals surface area contributed by atoms with Crippen LogP contribution in [0.5, 0.6) is 0 Å². The molecule has 0 aliphatic heterocycles. The highest BCUT2D eigenvalue weighted by atomic mass is 16.6. The summed E-state index contributed by atoms with van der Waals surface area (Å²) in [6.07, 6.45) is -0.0492. The molecule has 0 heterocycles. The van der Waals surface area contributed by atoms with Crippen molar-refractivity contribution in [3.05, 3.63) is 111 Å². The first-order valence-electron chi connectivity index (χ1n) is 8.68. The van der Waals surface area contributed by atoms with Crippen molar-refractivity contribution in [1.29, 1.82) is 0 Å². The van der Waals surface area contributed by atoms with Crippen LogP contribution in [-0.2, 0) is 11.2 Å². The lowest BCUT2D eigenvalue weighted by Crippen LogP contribution is -2.31. The van der Waals surface area contributed by atoms with Crippen molar-refractivity contribution in [3.8, 4) is 0 Å². The summed E-state index contributed by atoms with van der Waals surface area (Å²) in [6.45, 7) is 2.00. The second-order valence-electron chi connectivity index (χ2n) is 6.33. The fourth-order valence-corrected chi connectivity index (χ4v) is 3.12. The molecule has 5 heteroatoms. The van der Waals surface area contributed by atoms with E-state index in [0.29, 0.717) is 5.56 Å². The Morgan fingerprint density at radius 2 is 1.59 bits per heavy atom. The predicted molar refractivity (Wildman–Crippen MR) is 104 cm³/mol. The number of aryl methyl sites for hydroxylation is 1. The Morgan fingerprint density at radius 1 is 0.963 bits per heavy atom. The van der Waals surface area contributed by atoms with Gasteiger partial charge in [-0.25, -0.2) is 0 Å². The van der Waals surface area contributed by atoms with Gasteiger partial charge in [0, 0.05) is 11.6 Å². The zero-order chi connectivity index (χ0) is 19.2. The molecule has 0 radical (unpaired) electrons. The summed E-state index contributed by atoms with van der Waals surface area (Å²) in [5, 5.41) is 14.2. The van der Waals surface area contributed by atoms with Crippen molar-refractivity contribution in [2.75, 3.05) is 0 Å². The molecule has 0 aromatic heterocycles. The normalized spacial score (nSPS) is 11.6. The molecular weight excluding hydrogens is 340 g/mol. The summed E-state index contributed by atoms with van der Waals surface area (Å²) in [7, 11) is 0. The number of benzene rings is 3. The van der Waals surface area contributed by atoms with Gasteiger partial charge in [0.15, 0.2) is 0 Å². The van der Waals surface area contributed by atoms with Crippen LogP contribution in [0, 0.1) is 17.0 Å². The molecular formula is C22H20N2O3. The van der Waals surface area contributed by atoms with E-state index in [1.807, 2.05) is 61.5 Å². The Kier molecular flexibility index (Phi) is 5.61. The molecule has 0 aliphatic carbocycles. The van der Waals surface area contributed by atoms with Crippen LogP contribution in [0.25, 0.3) is 0 Å². The first kappa shape index (κ1) is 18.3. The molecule has 136 valence electrons. The molecule has 0 saturated heterocycles. The van der Waals surface area contributed by atoms with Crippen LogP contribution < -0.4 is 5.32 Å². The van der Waals surface area contributed by atoms with Gasteiger partial charge in [-0.15, -0.1) is 0 Å². The highest BCUT2D eigenvalue weighted by Crippen LogP contribution is 2.25. The SMILES string of the molecule is Cc1ccccc1[C@H](NC(=O)Cc1ccccc1[N+](=O)[O-])c1ccccc1. The molecule has 3 rings (SSSR count). The maximum atomic E-state index is 12.7. The van der Waals surface area contributed by atoms with E-state index in [1.165, 1.54) is 6.07 Å². The lowest BCUT2D eigenvalue weighted by atomic mass is 9.94. The van der Waals surface area contributed by atoms with Crippen LogP contribution in [0.15, 0.2) is 78.9 Å². The van der Waals surface area contributed by atoms with E-state index >= 15 is 0 Å². The third kappa shape index (κ3) is 4.39. The van der Waals surface area contributed by atoms with Crippen LogP contribution >= 0.6 is 0 Å². The maximum absolute atomic E-state index is 12.7. The molecule has 0 aliphatic rings. The molecule has 0 saturated carbocycles. The van der Waals surface area contributed by atoms with Crippen molar-refractivity contribution >= 4 is 11.6 Å². The molecule has 3 aromatic rings.